The van der Waals surface area contributed by atoms with Gasteiger partial charge < -0.3 is 9.47 Å². The third-order valence-corrected chi connectivity index (χ3v) is 2.17. The van der Waals surface area contributed by atoms with Crippen molar-refractivity contribution in [1.82, 2.24) is 0 Å². The minimum atomic E-state index is -0.209. The zero-order valence-electron chi connectivity index (χ0n) is 8.53. The van der Waals surface area contributed by atoms with Crippen molar-refractivity contribution in [2.75, 3.05) is 19.0 Å². The summed E-state index contributed by atoms with van der Waals surface area (Å²) in [4.78, 5) is 11.3. The van der Waals surface area contributed by atoms with Gasteiger partial charge in [-0.3, -0.25) is 4.79 Å². The quantitative estimate of drug-likeness (QED) is 0.609. The molecule has 0 atom stereocenters. The Kier molecular flexibility index (Phi) is 5.18. The number of carbonyl (C=O) groups excluding carboxylic acids is 1. The molecule has 0 aliphatic heterocycles. The lowest BCUT2D eigenvalue weighted by molar-refractivity contribution is -0.142. The highest BCUT2D eigenvalue weighted by atomic mass is 79.9. The van der Waals surface area contributed by atoms with Crippen LogP contribution in [0, 0.1) is 0 Å². The predicted molar refractivity (Wildman–Crippen MR) is 61.5 cm³/mol. The molecule has 3 nitrogen and oxygen atoms in total. The SMILES string of the molecule is COc1ccc(CC(=O)OCCBr)cc1. The van der Waals surface area contributed by atoms with E-state index in [0.29, 0.717) is 18.4 Å². The van der Waals surface area contributed by atoms with E-state index in [-0.39, 0.29) is 5.97 Å². The first kappa shape index (κ1) is 12.0. The molecule has 0 aliphatic rings. The summed E-state index contributed by atoms with van der Waals surface area (Å²) < 4.78 is 9.95. The molecule has 15 heavy (non-hydrogen) atoms. The minimum Gasteiger partial charge on any atom is -0.497 e. The molecule has 1 aromatic carbocycles. The zero-order chi connectivity index (χ0) is 11.1. The molecule has 0 aromatic heterocycles. The lowest BCUT2D eigenvalue weighted by Crippen LogP contribution is -2.09. The van der Waals surface area contributed by atoms with Gasteiger partial charge in [-0.25, -0.2) is 0 Å². The summed E-state index contributed by atoms with van der Waals surface area (Å²) in [6, 6.07) is 7.36. The van der Waals surface area contributed by atoms with Crippen molar-refractivity contribution in [3.05, 3.63) is 29.8 Å². The normalized spacial score (nSPS) is 9.73. The largest absolute Gasteiger partial charge is 0.497 e. The maximum atomic E-state index is 11.3. The van der Waals surface area contributed by atoms with Crippen LogP contribution in [0.4, 0.5) is 0 Å². The van der Waals surface area contributed by atoms with Crippen LogP contribution in [0.15, 0.2) is 24.3 Å². The number of carbonyl (C=O) groups is 1. The van der Waals surface area contributed by atoms with Crippen molar-refractivity contribution in [2.45, 2.75) is 6.42 Å². The van der Waals surface area contributed by atoms with E-state index in [9.17, 15) is 4.79 Å². The van der Waals surface area contributed by atoms with Gasteiger partial charge >= 0.3 is 5.97 Å². The Morgan fingerprint density at radius 1 is 1.33 bits per heavy atom. The van der Waals surface area contributed by atoms with Gasteiger partial charge in [0, 0.05) is 5.33 Å². The van der Waals surface area contributed by atoms with Gasteiger partial charge in [0.15, 0.2) is 0 Å². The van der Waals surface area contributed by atoms with Crippen LogP contribution in [0.25, 0.3) is 0 Å². The van der Waals surface area contributed by atoms with E-state index in [1.807, 2.05) is 24.3 Å². The fourth-order valence-corrected chi connectivity index (χ4v) is 1.28. The Labute approximate surface area is 97.5 Å². The van der Waals surface area contributed by atoms with Crippen LogP contribution in [0.1, 0.15) is 5.56 Å². The summed E-state index contributed by atoms with van der Waals surface area (Å²) in [6.07, 6.45) is 0.303. The van der Waals surface area contributed by atoms with Gasteiger partial charge in [-0.2, -0.15) is 0 Å². The number of alkyl halides is 1. The fourth-order valence-electron chi connectivity index (χ4n) is 1.11. The maximum absolute atomic E-state index is 11.3. The van der Waals surface area contributed by atoms with Crippen molar-refractivity contribution < 1.29 is 14.3 Å². The molecule has 0 aliphatic carbocycles. The Morgan fingerprint density at radius 3 is 2.53 bits per heavy atom. The van der Waals surface area contributed by atoms with Crippen molar-refractivity contribution in [1.29, 1.82) is 0 Å². The first-order valence-corrected chi connectivity index (χ1v) is 5.73. The summed E-state index contributed by atoms with van der Waals surface area (Å²) in [5.41, 5.74) is 0.926. The molecule has 1 rings (SSSR count). The smallest absolute Gasteiger partial charge is 0.310 e. The van der Waals surface area contributed by atoms with Crippen molar-refractivity contribution in [2.24, 2.45) is 0 Å². The van der Waals surface area contributed by atoms with Crippen molar-refractivity contribution >= 4 is 21.9 Å². The van der Waals surface area contributed by atoms with Gasteiger partial charge in [0.1, 0.15) is 12.4 Å². The second-order valence-electron chi connectivity index (χ2n) is 2.93. The van der Waals surface area contributed by atoms with Crippen molar-refractivity contribution in [3.8, 4) is 5.75 Å². The van der Waals surface area contributed by atoms with Crippen molar-refractivity contribution in [3.63, 3.8) is 0 Å². The third kappa shape index (κ3) is 4.34. The lowest BCUT2D eigenvalue weighted by Gasteiger charge is -2.04. The average molecular weight is 273 g/mol. The van der Waals surface area contributed by atoms with Gasteiger partial charge in [0.2, 0.25) is 0 Å². The molecule has 4 heteroatoms. The Bertz CT molecular complexity index is 308. The van der Waals surface area contributed by atoms with Crippen LogP contribution in [-0.2, 0) is 16.0 Å². The summed E-state index contributed by atoms with van der Waals surface area (Å²) in [5.74, 6) is 0.576. The van der Waals surface area contributed by atoms with Crippen LogP contribution in [0.2, 0.25) is 0 Å². The molecule has 0 bridgehead atoms. The molecule has 0 N–H and O–H groups in total. The van der Waals surface area contributed by atoms with E-state index < -0.39 is 0 Å². The number of hydrogen-bond acceptors (Lipinski definition) is 3. The zero-order valence-corrected chi connectivity index (χ0v) is 10.1. The molecule has 0 spiro atoms. The third-order valence-electron chi connectivity index (χ3n) is 1.85. The number of hydrogen-bond donors (Lipinski definition) is 0. The Morgan fingerprint density at radius 2 is 2.00 bits per heavy atom. The van der Waals surface area contributed by atoms with E-state index in [2.05, 4.69) is 15.9 Å². The van der Waals surface area contributed by atoms with Crippen LogP contribution >= 0.6 is 15.9 Å². The van der Waals surface area contributed by atoms with Crippen LogP contribution in [0.5, 0.6) is 5.75 Å². The molecule has 0 saturated carbocycles. The van der Waals surface area contributed by atoms with E-state index in [0.717, 1.165) is 11.3 Å². The Balaban J connectivity index is 2.46. The molecule has 82 valence electrons. The van der Waals surface area contributed by atoms with Gasteiger partial charge in [0.25, 0.3) is 0 Å². The molecule has 0 radical (unpaired) electrons. The summed E-state index contributed by atoms with van der Waals surface area (Å²) in [6.45, 7) is 0.412. The van der Waals surface area contributed by atoms with Crippen LogP contribution in [-0.4, -0.2) is 25.0 Å². The molecule has 0 unspecified atom stereocenters. The predicted octanol–water partition coefficient (Wildman–Crippen LogP) is 2.18. The maximum Gasteiger partial charge on any atom is 0.310 e. The molecule has 1 aromatic rings. The van der Waals surface area contributed by atoms with Gasteiger partial charge in [-0.1, -0.05) is 28.1 Å². The van der Waals surface area contributed by atoms with Gasteiger partial charge in [-0.05, 0) is 17.7 Å². The van der Waals surface area contributed by atoms with E-state index >= 15 is 0 Å². The van der Waals surface area contributed by atoms with E-state index in [4.69, 9.17) is 9.47 Å². The molecule has 0 fully saturated rings. The van der Waals surface area contributed by atoms with E-state index in [1.54, 1.807) is 7.11 Å². The number of ether oxygens (including phenoxy) is 2. The second-order valence-corrected chi connectivity index (χ2v) is 3.73. The first-order chi connectivity index (χ1) is 7.26. The highest BCUT2D eigenvalue weighted by Crippen LogP contribution is 2.11. The molecule has 0 amide bonds. The molecular weight excluding hydrogens is 260 g/mol. The lowest BCUT2D eigenvalue weighted by atomic mass is 10.1. The summed E-state index contributed by atoms with van der Waals surface area (Å²) >= 11 is 3.19. The second kappa shape index (κ2) is 6.45. The summed E-state index contributed by atoms with van der Waals surface area (Å²) in [7, 11) is 1.61. The number of esters is 1. The van der Waals surface area contributed by atoms with E-state index in [1.165, 1.54) is 0 Å². The van der Waals surface area contributed by atoms with Crippen LogP contribution in [0.3, 0.4) is 0 Å². The minimum absolute atomic E-state index is 0.209. The fraction of sp³-hybridized carbons (Fsp3) is 0.364. The summed E-state index contributed by atoms with van der Waals surface area (Å²) in [5, 5.41) is 0.668. The molecule has 0 saturated heterocycles. The van der Waals surface area contributed by atoms with Gasteiger partial charge in [0.05, 0.1) is 13.5 Å². The van der Waals surface area contributed by atoms with Crippen LogP contribution < -0.4 is 4.74 Å². The average Bonchev–Trinajstić information content (AvgIpc) is 2.27. The number of benzene rings is 1. The molecular formula is C11H13BrO3. The highest BCUT2D eigenvalue weighted by molar-refractivity contribution is 9.09. The number of halogens is 1. The highest BCUT2D eigenvalue weighted by Gasteiger charge is 2.04. The monoisotopic (exact) mass is 272 g/mol. The first-order valence-electron chi connectivity index (χ1n) is 4.61. The van der Waals surface area contributed by atoms with Gasteiger partial charge in [-0.15, -0.1) is 0 Å². The number of methoxy groups -OCH3 is 1. The molecule has 0 heterocycles. The topological polar surface area (TPSA) is 35.5 Å². The number of rotatable bonds is 5. The Hall–Kier alpha value is -1.03. The standard InChI is InChI=1S/C11H13BrO3/c1-14-10-4-2-9(3-5-10)8-11(13)15-7-6-12/h2-5H,6-8H2,1H3.